The van der Waals surface area contributed by atoms with Gasteiger partial charge in [-0.2, -0.15) is 11.8 Å². The number of nitrogen functional groups attached to an aromatic ring is 1. The summed E-state index contributed by atoms with van der Waals surface area (Å²) in [6, 6.07) is 5.96. The molecule has 3 rings (SSSR count). The van der Waals surface area contributed by atoms with E-state index in [0.29, 0.717) is 5.95 Å². The maximum absolute atomic E-state index is 6.07. The maximum atomic E-state index is 6.07. The molecule has 1 saturated heterocycles. The van der Waals surface area contributed by atoms with Crippen LogP contribution in [0.1, 0.15) is 12.8 Å². The molecule has 0 saturated carbocycles. The van der Waals surface area contributed by atoms with E-state index in [-0.39, 0.29) is 0 Å². The summed E-state index contributed by atoms with van der Waals surface area (Å²) in [6.45, 7) is 0.981. The highest BCUT2D eigenvalue weighted by atomic mass is 32.2. The average Bonchev–Trinajstić information content (AvgIpc) is 2.75. The summed E-state index contributed by atoms with van der Waals surface area (Å²) in [5.74, 6) is 4.70. The fraction of sp³-hybridized carbons (Fsp3) is 0.500. The number of methoxy groups -OCH3 is 1. The normalized spacial score (nSPS) is 16.9. The Morgan fingerprint density at radius 1 is 1.42 bits per heavy atom. The molecule has 2 N–H and O–H groups in total. The van der Waals surface area contributed by atoms with Crippen molar-refractivity contribution < 1.29 is 4.74 Å². The first-order valence-corrected chi connectivity index (χ1v) is 7.81. The van der Waals surface area contributed by atoms with Crippen molar-refractivity contribution in [3.63, 3.8) is 0 Å². The average molecular weight is 277 g/mol. The Kier molecular flexibility index (Phi) is 3.55. The second kappa shape index (κ2) is 5.33. The third-order valence-electron chi connectivity index (χ3n) is 3.77. The summed E-state index contributed by atoms with van der Waals surface area (Å²) in [5, 5.41) is 0. The van der Waals surface area contributed by atoms with Gasteiger partial charge in [-0.1, -0.05) is 0 Å². The van der Waals surface area contributed by atoms with E-state index in [9.17, 15) is 0 Å². The zero-order valence-electron chi connectivity index (χ0n) is 11.1. The van der Waals surface area contributed by atoms with E-state index < -0.39 is 0 Å². The fourth-order valence-corrected chi connectivity index (χ4v) is 3.84. The van der Waals surface area contributed by atoms with Gasteiger partial charge in [0, 0.05) is 12.6 Å². The van der Waals surface area contributed by atoms with E-state index in [1.54, 1.807) is 7.11 Å². The lowest BCUT2D eigenvalue weighted by atomic mass is 10.0. The molecule has 2 aromatic rings. The van der Waals surface area contributed by atoms with Crippen LogP contribution < -0.4 is 10.5 Å². The number of ether oxygens (including phenoxy) is 1. The van der Waals surface area contributed by atoms with Crippen LogP contribution in [-0.2, 0) is 6.54 Å². The number of nitrogens with zero attached hydrogens (tertiary/aromatic N) is 2. The number of thioether (sulfide) groups is 1. The van der Waals surface area contributed by atoms with Crippen LogP contribution in [0.3, 0.4) is 0 Å². The molecule has 19 heavy (non-hydrogen) atoms. The largest absolute Gasteiger partial charge is 0.497 e. The molecule has 0 unspecified atom stereocenters. The smallest absolute Gasteiger partial charge is 0.201 e. The zero-order valence-corrected chi connectivity index (χ0v) is 11.9. The number of anilines is 1. The van der Waals surface area contributed by atoms with E-state index in [1.165, 1.54) is 24.3 Å². The van der Waals surface area contributed by atoms with E-state index in [2.05, 4.69) is 27.4 Å². The molecule has 0 aliphatic carbocycles. The second-order valence-corrected chi connectivity index (χ2v) is 6.22. The van der Waals surface area contributed by atoms with Crippen LogP contribution in [0.15, 0.2) is 18.2 Å². The summed E-state index contributed by atoms with van der Waals surface area (Å²) in [5.41, 5.74) is 8.09. The minimum absolute atomic E-state index is 0.612. The topological polar surface area (TPSA) is 53.1 Å². The first-order valence-electron chi connectivity index (χ1n) is 6.65. The van der Waals surface area contributed by atoms with Gasteiger partial charge in [-0.15, -0.1) is 0 Å². The van der Waals surface area contributed by atoms with Crippen molar-refractivity contribution in [1.82, 2.24) is 9.55 Å². The molecule has 0 amide bonds. The van der Waals surface area contributed by atoms with E-state index in [4.69, 9.17) is 10.5 Å². The molecule has 1 aromatic carbocycles. The zero-order chi connectivity index (χ0) is 13.2. The second-order valence-electron chi connectivity index (χ2n) is 4.99. The third kappa shape index (κ3) is 2.52. The van der Waals surface area contributed by atoms with E-state index in [1.807, 2.05) is 12.1 Å². The van der Waals surface area contributed by atoms with Crippen molar-refractivity contribution in [1.29, 1.82) is 0 Å². The van der Waals surface area contributed by atoms with Crippen molar-refractivity contribution in [2.45, 2.75) is 19.4 Å². The number of nitrogens with two attached hydrogens (primary N) is 1. The van der Waals surface area contributed by atoms with Gasteiger partial charge in [0.1, 0.15) is 5.75 Å². The van der Waals surface area contributed by atoms with Gasteiger partial charge in [0.2, 0.25) is 5.95 Å². The van der Waals surface area contributed by atoms with Gasteiger partial charge in [0.25, 0.3) is 0 Å². The molecular weight excluding hydrogens is 258 g/mol. The Hall–Kier alpha value is -1.36. The Balaban J connectivity index is 1.91. The van der Waals surface area contributed by atoms with Gasteiger partial charge in [0.05, 0.1) is 18.1 Å². The highest BCUT2D eigenvalue weighted by molar-refractivity contribution is 7.99. The summed E-state index contributed by atoms with van der Waals surface area (Å²) in [6.07, 6.45) is 2.56. The Labute approximate surface area is 117 Å². The Morgan fingerprint density at radius 3 is 2.95 bits per heavy atom. The number of rotatable bonds is 3. The van der Waals surface area contributed by atoms with Crippen molar-refractivity contribution in [2.75, 3.05) is 24.3 Å². The number of hydrogen-bond acceptors (Lipinski definition) is 4. The molecule has 1 aliphatic rings. The molecule has 0 atom stereocenters. The Morgan fingerprint density at radius 2 is 2.21 bits per heavy atom. The van der Waals surface area contributed by atoms with Crippen LogP contribution in [0.2, 0.25) is 0 Å². The number of fused-ring (bicyclic) bond motifs is 1. The minimum Gasteiger partial charge on any atom is -0.497 e. The van der Waals surface area contributed by atoms with Gasteiger partial charge >= 0.3 is 0 Å². The number of hydrogen-bond donors (Lipinski definition) is 1. The van der Waals surface area contributed by atoms with E-state index >= 15 is 0 Å². The fourth-order valence-electron chi connectivity index (χ4n) is 2.63. The molecule has 4 nitrogen and oxygen atoms in total. The molecule has 1 aromatic heterocycles. The molecule has 0 spiro atoms. The van der Waals surface area contributed by atoms with Crippen LogP contribution in [-0.4, -0.2) is 28.2 Å². The van der Waals surface area contributed by atoms with Crippen LogP contribution in [0.5, 0.6) is 5.75 Å². The standard InChI is InChI=1S/C14H19N3OS/c1-18-11-2-3-13-12(8-11)16-14(15)17(13)9-10-4-6-19-7-5-10/h2-3,8,10H,4-7,9H2,1H3,(H2,15,16). The van der Waals surface area contributed by atoms with Crippen LogP contribution in [0, 0.1) is 5.92 Å². The quantitative estimate of drug-likeness (QED) is 0.937. The molecule has 0 radical (unpaired) electrons. The number of benzene rings is 1. The highest BCUT2D eigenvalue weighted by Gasteiger charge is 2.17. The van der Waals surface area contributed by atoms with Gasteiger partial charge < -0.3 is 15.0 Å². The SMILES string of the molecule is COc1ccc2c(c1)nc(N)n2CC1CCSCC1. The number of imidazole rings is 1. The van der Waals surface area contributed by atoms with Crippen LogP contribution in [0.4, 0.5) is 5.95 Å². The van der Waals surface area contributed by atoms with Crippen LogP contribution in [0.25, 0.3) is 11.0 Å². The van der Waals surface area contributed by atoms with Crippen molar-refractivity contribution in [3.05, 3.63) is 18.2 Å². The predicted molar refractivity (Wildman–Crippen MR) is 80.7 cm³/mol. The van der Waals surface area contributed by atoms with E-state index in [0.717, 1.165) is 29.2 Å². The summed E-state index contributed by atoms with van der Waals surface area (Å²) < 4.78 is 7.38. The summed E-state index contributed by atoms with van der Waals surface area (Å²) in [4.78, 5) is 4.44. The molecule has 1 fully saturated rings. The third-order valence-corrected chi connectivity index (χ3v) is 4.82. The molecule has 102 valence electrons. The molecule has 1 aliphatic heterocycles. The molecular formula is C14H19N3OS. The molecule has 2 heterocycles. The van der Waals surface area contributed by atoms with Crippen molar-refractivity contribution in [2.24, 2.45) is 5.92 Å². The van der Waals surface area contributed by atoms with Gasteiger partial charge in [0.15, 0.2) is 0 Å². The molecule has 5 heteroatoms. The van der Waals surface area contributed by atoms with Crippen molar-refractivity contribution >= 4 is 28.7 Å². The summed E-state index contributed by atoms with van der Waals surface area (Å²) >= 11 is 2.05. The van der Waals surface area contributed by atoms with Gasteiger partial charge in [-0.05, 0) is 42.4 Å². The van der Waals surface area contributed by atoms with Crippen LogP contribution >= 0.6 is 11.8 Å². The monoisotopic (exact) mass is 277 g/mol. The lowest BCUT2D eigenvalue weighted by molar-refractivity contribution is 0.415. The maximum Gasteiger partial charge on any atom is 0.201 e. The molecule has 0 bridgehead atoms. The summed E-state index contributed by atoms with van der Waals surface area (Å²) in [7, 11) is 1.67. The number of aromatic nitrogens is 2. The lowest BCUT2D eigenvalue weighted by Gasteiger charge is -2.22. The highest BCUT2D eigenvalue weighted by Crippen LogP contribution is 2.28. The lowest BCUT2D eigenvalue weighted by Crippen LogP contribution is -2.17. The van der Waals surface area contributed by atoms with Gasteiger partial charge in [-0.3, -0.25) is 0 Å². The van der Waals surface area contributed by atoms with Crippen molar-refractivity contribution in [3.8, 4) is 5.75 Å². The van der Waals surface area contributed by atoms with Gasteiger partial charge in [-0.25, -0.2) is 4.98 Å². The first-order chi connectivity index (χ1) is 9.28. The Bertz CT molecular complexity index is 575. The predicted octanol–water partition coefficient (Wildman–Crippen LogP) is 2.77. The first kappa shape index (κ1) is 12.7. The minimum atomic E-state index is 0.612.